The lowest BCUT2D eigenvalue weighted by molar-refractivity contribution is -0.385. The van der Waals surface area contributed by atoms with E-state index in [1.165, 1.54) is 23.9 Å². The second-order valence-electron chi connectivity index (χ2n) is 4.05. The molecule has 2 aromatic rings. The molecular weight excluding hydrogens is 276 g/mol. The van der Waals surface area contributed by atoms with Gasteiger partial charge in [-0.25, -0.2) is 4.98 Å². The maximum absolute atomic E-state index is 11.0. The molecular formula is C13H14N4O2S. The minimum absolute atomic E-state index is 0.0671. The first-order valence-electron chi connectivity index (χ1n) is 6.16. The fourth-order valence-corrected chi connectivity index (χ4v) is 2.41. The minimum Gasteiger partial charge on any atom is -0.385 e. The van der Waals surface area contributed by atoms with Crippen molar-refractivity contribution in [3.8, 4) is 0 Å². The van der Waals surface area contributed by atoms with Crippen molar-refractivity contribution >= 4 is 23.1 Å². The van der Waals surface area contributed by atoms with Crippen LogP contribution in [0.25, 0.3) is 0 Å². The topological polar surface area (TPSA) is 81.0 Å². The molecule has 7 heteroatoms. The Bertz CT molecular complexity index is 592. The molecule has 1 aromatic carbocycles. The molecule has 1 N–H and O–H groups in total. The Hall–Kier alpha value is -2.15. The standard InChI is InChI=1S/C13H14N4O2S/c1-2-3-15-10-6-11(17(18)19)8-12(7-10)20-13-9-14-4-5-16-13/h4-9,15H,2-3H2,1H3. The Kier molecular flexibility index (Phi) is 4.89. The first-order valence-corrected chi connectivity index (χ1v) is 6.98. The number of hydrogen-bond acceptors (Lipinski definition) is 6. The van der Waals surface area contributed by atoms with Crippen molar-refractivity contribution in [2.45, 2.75) is 23.3 Å². The molecule has 0 unspecified atom stereocenters. The van der Waals surface area contributed by atoms with Gasteiger partial charge in [-0.05, 0) is 12.5 Å². The van der Waals surface area contributed by atoms with Crippen LogP contribution in [0, 0.1) is 10.1 Å². The molecule has 0 aliphatic rings. The first-order chi connectivity index (χ1) is 9.69. The van der Waals surface area contributed by atoms with Crippen LogP contribution >= 0.6 is 11.8 Å². The van der Waals surface area contributed by atoms with Gasteiger partial charge in [0.15, 0.2) is 0 Å². The Balaban J connectivity index is 2.26. The molecule has 0 aliphatic heterocycles. The Morgan fingerprint density at radius 2 is 2.20 bits per heavy atom. The van der Waals surface area contributed by atoms with Crippen LogP contribution in [0.3, 0.4) is 0 Å². The van der Waals surface area contributed by atoms with E-state index < -0.39 is 4.92 Å². The average Bonchev–Trinajstić information content (AvgIpc) is 2.46. The van der Waals surface area contributed by atoms with Gasteiger partial charge in [-0.3, -0.25) is 15.1 Å². The van der Waals surface area contributed by atoms with Crippen molar-refractivity contribution in [1.29, 1.82) is 0 Å². The predicted molar refractivity (Wildman–Crippen MR) is 78.0 cm³/mol. The number of non-ortho nitro benzene ring substituents is 1. The van der Waals surface area contributed by atoms with E-state index in [1.54, 1.807) is 18.6 Å². The lowest BCUT2D eigenvalue weighted by Crippen LogP contribution is -2.00. The van der Waals surface area contributed by atoms with Gasteiger partial charge in [0.05, 0.1) is 11.1 Å². The van der Waals surface area contributed by atoms with Gasteiger partial charge in [-0.1, -0.05) is 18.7 Å². The van der Waals surface area contributed by atoms with E-state index in [4.69, 9.17) is 0 Å². The summed E-state index contributed by atoms with van der Waals surface area (Å²) in [6.45, 7) is 2.82. The zero-order valence-corrected chi connectivity index (χ0v) is 11.8. The van der Waals surface area contributed by atoms with Crippen molar-refractivity contribution in [2.24, 2.45) is 0 Å². The second-order valence-corrected chi connectivity index (χ2v) is 5.14. The van der Waals surface area contributed by atoms with Gasteiger partial charge >= 0.3 is 0 Å². The third kappa shape index (κ3) is 3.92. The van der Waals surface area contributed by atoms with Gasteiger partial charge in [0, 0.05) is 41.7 Å². The van der Waals surface area contributed by atoms with Crippen molar-refractivity contribution in [3.05, 3.63) is 46.9 Å². The van der Waals surface area contributed by atoms with Crippen molar-refractivity contribution in [3.63, 3.8) is 0 Å². The van der Waals surface area contributed by atoms with Crippen molar-refractivity contribution < 1.29 is 4.92 Å². The van der Waals surface area contributed by atoms with E-state index >= 15 is 0 Å². The summed E-state index contributed by atoms with van der Waals surface area (Å²) in [5, 5.41) is 14.8. The van der Waals surface area contributed by atoms with E-state index in [9.17, 15) is 10.1 Å². The highest BCUT2D eigenvalue weighted by Crippen LogP contribution is 2.31. The Morgan fingerprint density at radius 3 is 2.85 bits per heavy atom. The van der Waals surface area contributed by atoms with Crippen molar-refractivity contribution in [1.82, 2.24) is 9.97 Å². The fourth-order valence-electron chi connectivity index (χ4n) is 1.58. The van der Waals surface area contributed by atoms with E-state index in [1.807, 2.05) is 13.0 Å². The lowest BCUT2D eigenvalue weighted by Gasteiger charge is -2.07. The number of aromatic nitrogens is 2. The molecule has 2 rings (SSSR count). The third-order valence-electron chi connectivity index (χ3n) is 2.44. The van der Waals surface area contributed by atoms with Crippen LogP contribution in [-0.4, -0.2) is 21.4 Å². The van der Waals surface area contributed by atoms with Gasteiger partial charge in [0.25, 0.3) is 5.69 Å². The molecule has 104 valence electrons. The van der Waals surface area contributed by atoms with Gasteiger partial charge < -0.3 is 5.32 Å². The highest BCUT2D eigenvalue weighted by atomic mass is 32.2. The largest absolute Gasteiger partial charge is 0.385 e. The molecule has 0 fully saturated rings. The molecule has 0 aliphatic carbocycles. The van der Waals surface area contributed by atoms with Crippen LogP contribution < -0.4 is 5.32 Å². The molecule has 0 radical (unpaired) electrons. The molecule has 0 spiro atoms. The number of nitro groups is 1. The molecule has 0 saturated heterocycles. The van der Waals surface area contributed by atoms with E-state index in [2.05, 4.69) is 15.3 Å². The summed E-state index contributed by atoms with van der Waals surface area (Å²) in [5.41, 5.74) is 0.810. The SMILES string of the molecule is CCCNc1cc(Sc2cnccn2)cc([N+](=O)[O-])c1. The highest BCUT2D eigenvalue weighted by molar-refractivity contribution is 7.99. The summed E-state index contributed by atoms with van der Waals surface area (Å²) in [7, 11) is 0. The maximum atomic E-state index is 11.0. The number of nitrogens with one attached hydrogen (secondary N) is 1. The predicted octanol–water partition coefficient (Wildman–Crippen LogP) is 3.36. The third-order valence-corrected chi connectivity index (χ3v) is 3.33. The van der Waals surface area contributed by atoms with Gasteiger partial charge in [-0.2, -0.15) is 0 Å². The number of hydrogen-bond donors (Lipinski definition) is 1. The molecule has 1 heterocycles. The summed E-state index contributed by atoms with van der Waals surface area (Å²) in [4.78, 5) is 19.5. The molecule has 0 amide bonds. The summed E-state index contributed by atoms with van der Waals surface area (Å²) < 4.78 is 0. The highest BCUT2D eigenvalue weighted by Gasteiger charge is 2.11. The quantitative estimate of drug-likeness (QED) is 0.649. The average molecular weight is 290 g/mol. The summed E-state index contributed by atoms with van der Waals surface area (Å²) in [6, 6.07) is 4.95. The van der Waals surface area contributed by atoms with E-state index in [-0.39, 0.29) is 5.69 Å². The molecule has 6 nitrogen and oxygen atoms in total. The van der Waals surface area contributed by atoms with Gasteiger partial charge in [0.2, 0.25) is 0 Å². The van der Waals surface area contributed by atoms with Crippen LogP contribution in [0.15, 0.2) is 46.7 Å². The van der Waals surface area contributed by atoms with E-state index in [0.29, 0.717) is 5.03 Å². The molecule has 0 atom stereocenters. The molecule has 20 heavy (non-hydrogen) atoms. The Labute approximate surface area is 120 Å². The number of nitro benzene ring substituents is 1. The van der Waals surface area contributed by atoms with Gasteiger partial charge in [0.1, 0.15) is 5.03 Å². The summed E-state index contributed by atoms with van der Waals surface area (Å²) in [6.07, 6.45) is 5.76. The number of benzene rings is 1. The summed E-state index contributed by atoms with van der Waals surface area (Å²) in [5.74, 6) is 0. The monoisotopic (exact) mass is 290 g/mol. The summed E-state index contributed by atoms with van der Waals surface area (Å²) >= 11 is 1.35. The van der Waals surface area contributed by atoms with Gasteiger partial charge in [-0.15, -0.1) is 0 Å². The normalized spacial score (nSPS) is 10.2. The first kappa shape index (κ1) is 14.3. The number of nitrogens with zero attached hydrogens (tertiary/aromatic N) is 3. The fraction of sp³-hybridized carbons (Fsp3) is 0.231. The second kappa shape index (κ2) is 6.85. The lowest BCUT2D eigenvalue weighted by atomic mass is 10.2. The van der Waals surface area contributed by atoms with Crippen molar-refractivity contribution in [2.75, 3.05) is 11.9 Å². The van der Waals surface area contributed by atoms with E-state index in [0.717, 1.165) is 23.5 Å². The number of rotatable bonds is 6. The smallest absolute Gasteiger partial charge is 0.272 e. The van der Waals surface area contributed by atoms with Crippen LogP contribution in [0.4, 0.5) is 11.4 Å². The zero-order valence-electron chi connectivity index (χ0n) is 10.9. The van der Waals surface area contributed by atoms with Crippen LogP contribution in [0.1, 0.15) is 13.3 Å². The Morgan fingerprint density at radius 1 is 1.35 bits per heavy atom. The van der Waals surface area contributed by atoms with Crippen LogP contribution in [0.5, 0.6) is 0 Å². The molecule has 0 bridgehead atoms. The minimum atomic E-state index is -0.391. The molecule has 0 saturated carbocycles. The van der Waals surface area contributed by atoms with Crippen LogP contribution in [-0.2, 0) is 0 Å². The maximum Gasteiger partial charge on any atom is 0.272 e. The van der Waals surface area contributed by atoms with Crippen LogP contribution in [0.2, 0.25) is 0 Å². The molecule has 1 aromatic heterocycles. The zero-order chi connectivity index (χ0) is 14.4. The number of anilines is 1.